The van der Waals surface area contributed by atoms with E-state index in [2.05, 4.69) is 0 Å². The summed E-state index contributed by atoms with van der Waals surface area (Å²) in [6.07, 6.45) is 0.373. The summed E-state index contributed by atoms with van der Waals surface area (Å²) in [4.78, 5) is 20.6. The van der Waals surface area contributed by atoms with Gasteiger partial charge in [-0.05, 0) is 6.92 Å². The average Bonchev–Trinajstić information content (AvgIpc) is 2.27. The molecule has 1 aromatic rings. The first kappa shape index (κ1) is 12.1. The third kappa shape index (κ3) is 2.54. The van der Waals surface area contributed by atoms with Crippen molar-refractivity contribution in [3.63, 3.8) is 0 Å². The van der Waals surface area contributed by atoms with Crippen molar-refractivity contribution in [1.82, 2.24) is 0 Å². The molecule has 0 bridgehead atoms. The summed E-state index contributed by atoms with van der Waals surface area (Å²) in [5, 5.41) is 20.2. The van der Waals surface area contributed by atoms with Crippen molar-refractivity contribution in [2.24, 2.45) is 0 Å². The molecule has 0 fully saturated rings. The lowest BCUT2D eigenvalue weighted by Gasteiger charge is -2.06. The summed E-state index contributed by atoms with van der Waals surface area (Å²) in [5.41, 5.74) is -0.114. The number of phenols is 1. The van der Waals surface area contributed by atoms with Crippen LogP contribution < -0.4 is 0 Å². The molecule has 0 aromatic heterocycles. The van der Waals surface area contributed by atoms with E-state index in [4.69, 9.17) is 4.74 Å². The zero-order chi connectivity index (χ0) is 12.1. The maximum absolute atomic E-state index is 10.6. The Labute approximate surface area is 91.6 Å². The minimum atomic E-state index is -0.623. The molecule has 0 spiro atoms. The third-order valence-electron chi connectivity index (χ3n) is 2.00. The molecule has 0 aliphatic heterocycles. The molecule has 0 saturated heterocycles. The summed E-state index contributed by atoms with van der Waals surface area (Å²) in [5.74, 6) is -0.269. The van der Waals surface area contributed by atoms with Crippen LogP contribution in [-0.4, -0.2) is 22.9 Å². The largest absolute Gasteiger partial charge is 0.507 e. The van der Waals surface area contributed by atoms with Gasteiger partial charge in [0.1, 0.15) is 5.75 Å². The van der Waals surface area contributed by atoms with Crippen molar-refractivity contribution < 1.29 is 19.6 Å². The Bertz CT molecular complexity index is 416. The molecule has 0 heterocycles. The van der Waals surface area contributed by atoms with Crippen LogP contribution in [0.1, 0.15) is 22.8 Å². The zero-order valence-electron chi connectivity index (χ0n) is 8.67. The van der Waals surface area contributed by atoms with Gasteiger partial charge in [0.25, 0.3) is 5.69 Å². The van der Waals surface area contributed by atoms with Crippen molar-refractivity contribution in [3.8, 4) is 5.75 Å². The van der Waals surface area contributed by atoms with E-state index < -0.39 is 4.92 Å². The lowest BCUT2D eigenvalue weighted by molar-refractivity contribution is -0.385. The highest BCUT2D eigenvalue weighted by Crippen LogP contribution is 2.27. The Balaban J connectivity index is 3.18. The van der Waals surface area contributed by atoms with Gasteiger partial charge in [-0.1, -0.05) is 0 Å². The minimum absolute atomic E-state index is 0.0326. The van der Waals surface area contributed by atoms with Gasteiger partial charge in [0.15, 0.2) is 6.29 Å². The Kier molecular flexibility index (Phi) is 3.96. The molecule has 6 nitrogen and oxygen atoms in total. The lowest BCUT2D eigenvalue weighted by atomic mass is 10.1. The zero-order valence-corrected chi connectivity index (χ0v) is 8.67. The van der Waals surface area contributed by atoms with Crippen LogP contribution in [0.4, 0.5) is 5.69 Å². The summed E-state index contributed by atoms with van der Waals surface area (Å²) in [7, 11) is 0. The molecule has 0 aliphatic carbocycles. The van der Waals surface area contributed by atoms with Gasteiger partial charge >= 0.3 is 0 Å². The second-order valence-corrected chi connectivity index (χ2v) is 3.05. The predicted octanol–water partition coefficient (Wildman–Crippen LogP) is 1.65. The molecule has 86 valence electrons. The molecule has 0 radical (unpaired) electrons. The number of hydrogen-bond donors (Lipinski definition) is 1. The number of carbonyl (C=O) groups is 1. The highest BCUT2D eigenvalue weighted by molar-refractivity contribution is 5.81. The number of ether oxygens (including phenoxy) is 1. The van der Waals surface area contributed by atoms with E-state index in [1.807, 2.05) is 0 Å². The van der Waals surface area contributed by atoms with E-state index in [-0.39, 0.29) is 29.2 Å². The van der Waals surface area contributed by atoms with Gasteiger partial charge in [-0.3, -0.25) is 14.9 Å². The number of non-ortho nitro benzene ring substituents is 1. The molecule has 0 unspecified atom stereocenters. The molecular formula is C10H11NO5. The van der Waals surface area contributed by atoms with E-state index in [1.54, 1.807) is 6.92 Å². The molecule has 0 aliphatic rings. The quantitative estimate of drug-likeness (QED) is 0.467. The molecule has 0 amide bonds. The molecule has 6 heteroatoms. The van der Waals surface area contributed by atoms with Crippen molar-refractivity contribution in [2.45, 2.75) is 13.5 Å². The first-order chi connectivity index (χ1) is 7.60. The van der Waals surface area contributed by atoms with E-state index in [0.717, 1.165) is 6.07 Å². The van der Waals surface area contributed by atoms with E-state index in [0.29, 0.717) is 12.9 Å². The average molecular weight is 225 g/mol. The Morgan fingerprint density at radius 3 is 2.75 bits per heavy atom. The van der Waals surface area contributed by atoms with Crippen LogP contribution in [0.5, 0.6) is 5.75 Å². The Morgan fingerprint density at radius 2 is 2.25 bits per heavy atom. The monoisotopic (exact) mass is 225 g/mol. The number of carbonyl (C=O) groups excluding carboxylic acids is 1. The number of hydrogen-bond acceptors (Lipinski definition) is 5. The standard InChI is InChI=1S/C10H11NO5/c1-2-16-6-8-4-9(11(14)15)3-7(5-12)10(8)13/h3-5,13H,2,6H2,1H3. The van der Waals surface area contributed by atoms with Crippen LogP contribution in [-0.2, 0) is 11.3 Å². The molecule has 16 heavy (non-hydrogen) atoms. The summed E-state index contributed by atoms with van der Waals surface area (Å²) in [6.45, 7) is 2.21. The highest BCUT2D eigenvalue weighted by atomic mass is 16.6. The lowest BCUT2D eigenvalue weighted by Crippen LogP contribution is -1.98. The van der Waals surface area contributed by atoms with Crippen LogP contribution in [0.2, 0.25) is 0 Å². The second kappa shape index (κ2) is 5.22. The number of aromatic hydroxyl groups is 1. The summed E-state index contributed by atoms with van der Waals surface area (Å²) < 4.78 is 5.04. The number of rotatable bonds is 5. The highest BCUT2D eigenvalue weighted by Gasteiger charge is 2.15. The molecule has 1 rings (SSSR count). The van der Waals surface area contributed by atoms with Crippen LogP contribution in [0.15, 0.2) is 12.1 Å². The van der Waals surface area contributed by atoms with Crippen molar-refractivity contribution in [2.75, 3.05) is 6.61 Å². The van der Waals surface area contributed by atoms with Gasteiger partial charge < -0.3 is 9.84 Å². The van der Waals surface area contributed by atoms with Gasteiger partial charge in [0, 0.05) is 24.3 Å². The topological polar surface area (TPSA) is 89.7 Å². The van der Waals surface area contributed by atoms with Crippen LogP contribution in [0.3, 0.4) is 0 Å². The van der Waals surface area contributed by atoms with Crippen molar-refractivity contribution in [1.29, 1.82) is 0 Å². The van der Waals surface area contributed by atoms with Gasteiger partial charge in [0.2, 0.25) is 0 Å². The maximum Gasteiger partial charge on any atom is 0.270 e. The van der Waals surface area contributed by atoms with Crippen molar-refractivity contribution in [3.05, 3.63) is 33.4 Å². The second-order valence-electron chi connectivity index (χ2n) is 3.05. The van der Waals surface area contributed by atoms with Crippen LogP contribution >= 0.6 is 0 Å². The maximum atomic E-state index is 10.6. The summed E-state index contributed by atoms with van der Waals surface area (Å²) >= 11 is 0. The normalized spacial score (nSPS) is 10.1. The number of phenolic OH excluding ortho intramolecular Hbond substituents is 1. The first-order valence-corrected chi connectivity index (χ1v) is 4.63. The van der Waals surface area contributed by atoms with Crippen LogP contribution in [0, 0.1) is 10.1 Å². The number of nitro benzene ring substituents is 1. The van der Waals surface area contributed by atoms with E-state index in [1.165, 1.54) is 6.07 Å². The van der Waals surface area contributed by atoms with Gasteiger partial charge in [-0.15, -0.1) is 0 Å². The number of benzene rings is 1. The molecule has 0 saturated carbocycles. The number of nitrogens with zero attached hydrogens (tertiary/aromatic N) is 1. The van der Waals surface area contributed by atoms with Gasteiger partial charge in [0.05, 0.1) is 17.1 Å². The Morgan fingerprint density at radius 1 is 1.56 bits per heavy atom. The fraction of sp³-hybridized carbons (Fsp3) is 0.300. The number of nitro groups is 1. The smallest absolute Gasteiger partial charge is 0.270 e. The first-order valence-electron chi connectivity index (χ1n) is 4.63. The number of aldehydes is 1. The SMILES string of the molecule is CCOCc1cc([N+](=O)[O-])cc(C=O)c1O. The van der Waals surface area contributed by atoms with E-state index >= 15 is 0 Å². The van der Waals surface area contributed by atoms with E-state index in [9.17, 15) is 20.0 Å². The Hall–Kier alpha value is -1.95. The van der Waals surface area contributed by atoms with Gasteiger partial charge in [-0.25, -0.2) is 0 Å². The van der Waals surface area contributed by atoms with Crippen molar-refractivity contribution >= 4 is 12.0 Å². The molecule has 1 aromatic carbocycles. The molecule has 0 atom stereocenters. The molecule has 1 N–H and O–H groups in total. The predicted molar refractivity (Wildman–Crippen MR) is 55.5 cm³/mol. The summed E-state index contributed by atoms with van der Waals surface area (Å²) in [6, 6.07) is 2.22. The van der Waals surface area contributed by atoms with Gasteiger partial charge in [-0.2, -0.15) is 0 Å². The molecular weight excluding hydrogens is 214 g/mol. The van der Waals surface area contributed by atoms with Crippen LogP contribution in [0.25, 0.3) is 0 Å². The fourth-order valence-electron chi connectivity index (χ4n) is 1.22. The third-order valence-corrected chi connectivity index (χ3v) is 2.00. The fourth-order valence-corrected chi connectivity index (χ4v) is 1.22. The minimum Gasteiger partial charge on any atom is -0.507 e.